The second-order valence-electron chi connectivity index (χ2n) is 7.10. The van der Waals surface area contributed by atoms with Gasteiger partial charge in [0.1, 0.15) is 0 Å². The first-order valence-electron chi connectivity index (χ1n) is 9.39. The average molecular weight is 378 g/mol. The number of benzene rings is 2. The first-order chi connectivity index (χ1) is 13.5. The lowest BCUT2D eigenvalue weighted by Crippen LogP contribution is -2.42. The Hall–Kier alpha value is -3.35. The highest BCUT2D eigenvalue weighted by atomic mass is 16.2. The second kappa shape index (κ2) is 7.34. The maximum Gasteiger partial charge on any atom is 0.326 e. The molecule has 1 fully saturated rings. The maximum atomic E-state index is 12.5. The summed E-state index contributed by atoms with van der Waals surface area (Å²) in [5, 5.41) is 2.87. The Kier molecular flexibility index (Phi) is 4.73. The number of hydrogen-bond donors (Lipinski definition) is 2. The topological polar surface area (TPSA) is 87.2 Å². The molecule has 0 atom stereocenters. The number of carbonyl (C=O) groups excluding carboxylic acids is 2. The van der Waals surface area contributed by atoms with Crippen LogP contribution in [-0.4, -0.2) is 39.4 Å². The zero-order valence-electron chi connectivity index (χ0n) is 15.6. The molecule has 0 spiro atoms. The molecule has 2 aromatic carbocycles. The number of carbonyl (C=O) groups is 2. The van der Waals surface area contributed by atoms with Crippen LogP contribution in [0.5, 0.6) is 0 Å². The molecule has 2 amide bonds. The number of hydrogen-bond acceptors (Lipinski definition) is 3. The third-order valence-corrected chi connectivity index (χ3v) is 5.28. The number of nitrogens with zero attached hydrogens (tertiary/aromatic N) is 2. The first kappa shape index (κ1) is 18.0. The van der Waals surface area contributed by atoms with Crippen molar-refractivity contribution in [2.45, 2.75) is 25.8 Å². The van der Waals surface area contributed by atoms with Gasteiger partial charge in [0.05, 0.1) is 11.0 Å². The molecule has 28 heavy (non-hydrogen) atoms. The van der Waals surface area contributed by atoms with Gasteiger partial charge in [-0.2, -0.15) is 0 Å². The van der Waals surface area contributed by atoms with Gasteiger partial charge in [0, 0.05) is 30.4 Å². The van der Waals surface area contributed by atoms with Crippen LogP contribution >= 0.6 is 0 Å². The van der Waals surface area contributed by atoms with Crippen LogP contribution in [0.4, 0.5) is 10.5 Å². The van der Waals surface area contributed by atoms with Crippen molar-refractivity contribution < 1.29 is 9.59 Å². The summed E-state index contributed by atoms with van der Waals surface area (Å²) in [5.41, 5.74) is 2.91. The van der Waals surface area contributed by atoms with Gasteiger partial charge >= 0.3 is 11.7 Å². The molecule has 0 unspecified atom stereocenters. The SMILES string of the molecule is CC(=O)c1ccc(NC(=O)N2CCC(n3c(=O)[nH]c4ccccc43)CC2)cc1. The van der Waals surface area contributed by atoms with Crippen LogP contribution in [0, 0.1) is 0 Å². The van der Waals surface area contributed by atoms with Crippen molar-refractivity contribution >= 4 is 28.5 Å². The maximum absolute atomic E-state index is 12.5. The number of likely N-dealkylation sites (tertiary alicyclic amines) is 1. The predicted molar refractivity (Wildman–Crippen MR) is 108 cm³/mol. The summed E-state index contributed by atoms with van der Waals surface area (Å²) in [5.74, 6) is -0.00697. The largest absolute Gasteiger partial charge is 0.326 e. The van der Waals surface area contributed by atoms with Gasteiger partial charge in [-0.1, -0.05) is 12.1 Å². The highest BCUT2D eigenvalue weighted by Gasteiger charge is 2.26. The Bertz CT molecular complexity index is 1070. The van der Waals surface area contributed by atoms with Gasteiger partial charge in [0.25, 0.3) is 0 Å². The number of anilines is 1. The fraction of sp³-hybridized carbons (Fsp3) is 0.286. The van der Waals surface area contributed by atoms with E-state index >= 15 is 0 Å². The summed E-state index contributed by atoms with van der Waals surface area (Å²) in [6, 6.07) is 14.4. The van der Waals surface area contributed by atoms with Crippen molar-refractivity contribution in [3.05, 3.63) is 64.6 Å². The van der Waals surface area contributed by atoms with Gasteiger partial charge in [-0.3, -0.25) is 9.36 Å². The number of Topliss-reactive ketones (excluding diaryl/α,β-unsaturated/α-hetero) is 1. The van der Waals surface area contributed by atoms with Crippen molar-refractivity contribution in [3.63, 3.8) is 0 Å². The smallest absolute Gasteiger partial charge is 0.324 e. The minimum atomic E-state index is -0.166. The van der Waals surface area contributed by atoms with E-state index in [0.717, 1.165) is 23.9 Å². The Balaban J connectivity index is 1.41. The molecule has 0 aliphatic carbocycles. The van der Waals surface area contributed by atoms with Crippen molar-refractivity contribution in [3.8, 4) is 0 Å². The van der Waals surface area contributed by atoms with Crippen LogP contribution in [0.15, 0.2) is 53.3 Å². The quantitative estimate of drug-likeness (QED) is 0.685. The number of amides is 2. The van der Waals surface area contributed by atoms with Gasteiger partial charge in [0.15, 0.2) is 5.78 Å². The van der Waals surface area contributed by atoms with Crippen molar-refractivity contribution in [1.82, 2.24) is 14.5 Å². The minimum absolute atomic E-state index is 0.00697. The second-order valence-corrected chi connectivity index (χ2v) is 7.10. The van der Waals surface area contributed by atoms with E-state index in [0.29, 0.717) is 24.3 Å². The molecule has 2 heterocycles. The third-order valence-electron chi connectivity index (χ3n) is 5.28. The number of aromatic amines is 1. The summed E-state index contributed by atoms with van der Waals surface area (Å²) >= 11 is 0. The molecule has 144 valence electrons. The summed E-state index contributed by atoms with van der Waals surface area (Å²) in [6.45, 7) is 2.67. The molecule has 7 nitrogen and oxygen atoms in total. The van der Waals surface area contributed by atoms with Crippen LogP contribution in [0.1, 0.15) is 36.2 Å². The number of rotatable bonds is 3. The number of nitrogens with one attached hydrogen (secondary N) is 2. The number of aromatic nitrogens is 2. The highest BCUT2D eigenvalue weighted by molar-refractivity contribution is 5.95. The number of piperidine rings is 1. The van der Waals surface area contributed by atoms with Crippen LogP contribution in [-0.2, 0) is 0 Å². The van der Waals surface area contributed by atoms with Gasteiger partial charge in [-0.05, 0) is 56.2 Å². The molecule has 1 aliphatic rings. The molecule has 0 radical (unpaired) electrons. The van der Waals surface area contributed by atoms with E-state index in [1.54, 1.807) is 29.2 Å². The summed E-state index contributed by atoms with van der Waals surface area (Å²) in [6.07, 6.45) is 1.44. The standard InChI is InChI=1S/C21H22N4O3/c1-14(26)15-6-8-16(9-7-15)22-20(27)24-12-10-17(11-13-24)25-19-5-3-2-4-18(19)23-21(25)28/h2-9,17H,10-13H2,1H3,(H,22,27)(H,23,28). The summed E-state index contributed by atoms with van der Waals surface area (Å²) in [7, 11) is 0. The highest BCUT2D eigenvalue weighted by Crippen LogP contribution is 2.25. The van der Waals surface area contributed by atoms with Crippen molar-refractivity contribution in [1.29, 1.82) is 0 Å². The number of imidazole rings is 1. The number of para-hydroxylation sites is 2. The number of fused-ring (bicyclic) bond motifs is 1. The van der Waals surface area contributed by atoms with E-state index in [4.69, 9.17) is 0 Å². The van der Waals surface area contributed by atoms with E-state index < -0.39 is 0 Å². The van der Waals surface area contributed by atoms with Gasteiger partial charge in [-0.25, -0.2) is 9.59 Å². The third kappa shape index (κ3) is 3.43. The van der Waals surface area contributed by atoms with E-state index in [2.05, 4.69) is 10.3 Å². The van der Waals surface area contributed by atoms with E-state index in [9.17, 15) is 14.4 Å². The number of urea groups is 1. The Labute approximate surface area is 162 Å². The molecular weight excluding hydrogens is 356 g/mol. The molecule has 2 N–H and O–H groups in total. The van der Waals surface area contributed by atoms with Gasteiger partial charge in [-0.15, -0.1) is 0 Å². The Morgan fingerprint density at radius 3 is 2.39 bits per heavy atom. The van der Waals surface area contributed by atoms with Crippen LogP contribution in [0.25, 0.3) is 11.0 Å². The molecule has 0 saturated carbocycles. The van der Waals surface area contributed by atoms with Crippen LogP contribution in [0.2, 0.25) is 0 Å². The molecular formula is C21H22N4O3. The number of H-pyrrole nitrogens is 1. The van der Waals surface area contributed by atoms with E-state index in [1.807, 2.05) is 28.8 Å². The summed E-state index contributed by atoms with van der Waals surface area (Å²) < 4.78 is 1.81. The van der Waals surface area contributed by atoms with Crippen molar-refractivity contribution in [2.75, 3.05) is 18.4 Å². The Morgan fingerprint density at radius 2 is 1.71 bits per heavy atom. The fourth-order valence-corrected chi connectivity index (χ4v) is 3.75. The molecule has 0 bridgehead atoms. The predicted octanol–water partition coefficient (Wildman–Crippen LogP) is 3.40. The fourth-order valence-electron chi connectivity index (χ4n) is 3.75. The summed E-state index contributed by atoms with van der Waals surface area (Å²) in [4.78, 5) is 40.9. The van der Waals surface area contributed by atoms with Gasteiger partial charge in [0.2, 0.25) is 0 Å². The van der Waals surface area contributed by atoms with Crippen LogP contribution < -0.4 is 11.0 Å². The first-order valence-corrected chi connectivity index (χ1v) is 9.39. The number of ketones is 1. The molecule has 1 saturated heterocycles. The zero-order valence-corrected chi connectivity index (χ0v) is 15.6. The average Bonchev–Trinajstić information content (AvgIpc) is 3.04. The Morgan fingerprint density at radius 1 is 1.04 bits per heavy atom. The molecule has 1 aliphatic heterocycles. The monoisotopic (exact) mass is 378 g/mol. The minimum Gasteiger partial charge on any atom is -0.324 e. The molecule has 7 heteroatoms. The normalized spacial score (nSPS) is 15.0. The van der Waals surface area contributed by atoms with Gasteiger partial charge < -0.3 is 15.2 Å². The lowest BCUT2D eigenvalue weighted by atomic mass is 10.0. The molecule has 1 aromatic heterocycles. The van der Waals surface area contributed by atoms with E-state index in [-0.39, 0.29) is 23.5 Å². The zero-order chi connectivity index (χ0) is 19.7. The molecule has 3 aromatic rings. The lowest BCUT2D eigenvalue weighted by molar-refractivity contribution is 0.101. The molecule has 4 rings (SSSR count). The lowest BCUT2D eigenvalue weighted by Gasteiger charge is -2.32. The van der Waals surface area contributed by atoms with Crippen LogP contribution in [0.3, 0.4) is 0 Å². The van der Waals surface area contributed by atoms with Crippen molar-refractivity contribution in [2.24, 2.45) is 0 Å². The van der Waals surface area contributed by atoms with E-state index in [1.165, 1.54) is 6.92 Å².